The average Bonchev–Trinajstić information content (AvgIpc) is 3.14. The summed E-state index contributed by atoms with van der Waals surface area (Å²) < 4.78 is 8.10. The zero-order chi connectivity index (χ0) is 23.8. The van der Waals surface area contributed by atoms with E-state index in [1.807, 2.05) is 93.9 Å². The van der Waals surface area contributed by atoms with Crippen molar-refractivity contribution in [3.8, 4) is 11.1 Å². The van der Waals surface area contributed by atoms with Gasteiger partial charge in [0.2, 0.25) is 0 Å². The highest BCUT2D eigenvalue weighted by molar-refractivity contribution is 5.97. The van der Waals surface area contributed by atoms with Crippen molar-refractivity contribution in [3.05, 3.63) is 83.4 Å². The number of carbonyl (C=O) groups is 1. The van der Waals surface area contributed by atoms with Crippen LogP contribution in [0, 0.1) is 13.8 Å². The van der Waals surface area contributed by atoms with E-state index in [-0.39, 0.29) is 0 Å². The summed E-state index contributed by atoms with van der Waals surface area (Å²) in [5.74, 6) is -1.03. The predicted molar refractivity (Wildman–Crippen MR) is 129 cm³/mol. The van der Waals surface area contributed by atoms with Crippen molar-refractivity contribution >= 4 is 17.0 Å². The highest BCUT2D eigenvalue weighted by atomic mass is 16.5. The molecule has 0 aliphatic rings. The minimum absolute atomic E-state index is 0.574. The van der Waals surface area contributed by atoms with Gasteiger partial charge >= 0.3 is 5.97 Å². The van der Waals surface area contributed by atoms with Crippen LogP contribution in [0.4, 0.5) is 0 Å². The zero-order valence-corrected chi connectivity index (χ0v) is 19.7. The van der Waals surface area contributed by atoms with Gasteiger partial charge in [0.25, 0.3) is 0 Å². The molecule has 33 heavy (non-hydrogen) atoms. The molecule has 0 aliphatic carbocycles. The Morgan fingerprint density at radius 3 is 2.42 bits per heavy atom. The SMILES string of the molecule is Cc1ccc(-c2c(C(OC(C)(C)C)C(=O)O)c(C)nc3c2ccn3Cc2ccccn2)cc1. The summed E-state index contributed by atoms with van der Waals surface area (Å²) in [5, 5.41) is 11.0. The molecule has 3 aromatic heterocycles. The number of hydrogen-bond acceptors (Lipinski definition) is 4. The molecular formula is C27H29N3O3. The van der Waals surface area contributed by atoms with E-state index in [1.54, 1.807) is 6.20 Å². The normalized spacial score (nSPS) is 12.8. The minimum Gasteiger partial charge on any atom is -0.479 e. The third-order valence-electron chi connectivity index (χ3n) is 5.49. The van der Waals surface area contributed by atoms with Gasteiger partial charge in [-0.05, 0) is 58.4 Å². The van der Waals surface area contributed by atoms with Gasteiger partial charge in [-0.3, -0.25) is 4.98 Å². The van der Waals surface area contributed by atoms with Crippen LogP contribution in [-0.2, 0) is 16.1 Å². The number of carboxylic acids is 1. The summed E-state index contributed by atoms with van der Waals surface area (Å²) in [6, 6.07) is 16.0. The highest BCUT2D eigenvalue weighted by Gasteiger charge is 2.32. The topological polar surface area (TPSA) is 77.2 Å². The number of aromatic nitrogens is 3. The van der Waals surface area contributed by atoms with Crippen LogP contribution in [-0.4, -0.2) is 31.2 Å². The van der Waals surface area contributed by atoms with E-state index < -0.39 is 17.7 Å². The predicted octanol–water partition coefficient (Wildman–Crippen LogP) is 5.70. The standard InChI is InChI=1S/C27H29N3O3/c1-17-9-11-19(12-10-17)23-21-13-15-30(16-20-8-6-7-14-28-20)25(21)29-18(2)22(23)24(26(31)32)33-27(3,4)5/h6-15,24H,16H2,1-5H3,(H,31,32). The Balaban J connectivity index is 1.97. The van der Waals surface area contributed by atoms with E-state index in [4.69, 9.17) is 9.72 Å². The van der Waals surface area contributed by atoms with Crippen LogP contribution in [0.15, 0.2) is 60.9 Å². The van der Waals surface area contributed by atoms with Crippen molar-refractivity contribution in [2.75, 3.05) is 0 Å². The van der Waals surface area contributed by atoms with Gasteiger partial charge < -0.3 is 14.4 Å². The molecule has 1 aromatic carbocycles. The third kappa shape index (κ3) is 4.81. The average molecular weight is 444 g/mol. The van der Waals surface area contributed by atoms with Crippen molar-refractivity contribution in [1.82, 2.24) is 14.5 Å². The second kappa shape index (κ2) is 8.79. The smallest absolute Gasteiger partial charge is 0.337 e. The first-order chi connectivity index (χ1) is 15.6. The Morgan fingerprint density at radius 2 is 1.82 bits per heavy atom. The molecule has 3 heterocycles. The van der Waals surface area contributed by atoms with Gasteiger partial charge in [0.15, 0.2) is 6.10 Å². The molecule has 0 spiro atoms. The molecule has 1 atom stereocenters. The summed E-state index contributed by atoms with van der Waals surface area (Å²) in [7, 11) is 0. The van der Waals surface area contributed by atoms with E-state index in [0.717, 1.165) is 33.4 Å². The van der Waals surface area contributed by atoms with Gasteiger partial charge in [0.1, 0.15) is 5.65 Å². The fourth-order valence-electron chi connectivity index (χ4n) is 4.06. The number of hydrogen-bond donors (Lipinski definition) is 1. The fraction of sp³-hybridized carbons (Fsp3) is 0.296. The van der Waals surface area contributed by atoms with Crippen molar-refractivity contribution in [2.24, 2.45) is 0 Å². The molecule has 0 saturated carbocycles. The molecule has 0 saturated heterocycles. The number of ether oxygens (including phenoxy) is 1. The lowest BCUT2D eigenvalue weighted by molar-refractivity contribution is -0.160. The van der Waals surface area contributed by atoms with Crippen molar-refractivity contribution in [1.29, 1.82) is 0 Å². The largest absolute Gasteiger partial charge is 0.479 e. The lowest BCUT2D eigenvalue weighted by Gasteiger charge is -2.28. The van der Waals surface area contributed by atoms with Crippen LogP contribution in [0.3, 0.4) is 0 Å². The van der Waals surface area contributed by atoms with Crippen molar-refractivity contribution < 1.29 is 14.6 Å². The van der Waals surface area contributed by atoms with Crippen LogP contribution in [0.1, 0.15) is 49.4 Å². The number of carboxylic acid groups (broad SMARTS) is 1. The quantitative estimate of drug-likeness (QED) is 0.413. The van der Waals surface area contributed by atoms with Crippen LogP contribution >= 0.6 is 0 Å². The van der Waals surface area contributed by atoms with Crippen LogP contribution in [0.25, 0.3) is 22.2 Å². The first-order valence-corrected chi connectivity index (χ1v) is 11.0. The van der Waals surface area contributed by atoms with E-state index >= 15 is 0 Å². The summed E-state index contributed by atoms with van der Waals surface area (Å²) in [4.78, 5) is 21.7. The van der Waals surface area contributed by atoms with Crippen LogP contribution < -0.4 is 0 Å². The molecule has 0 aliphatic heterocycles. The summed E-state index contributed by atoms with van der Waals surface area (Å²) in [6.07, 6.45) is 2.61. The second-order valence-corrected chi connectivity index (χ2v) is 9.30. The summed E-state index contributed by atoms with van der Waals surface area (Å²) in [5.41, 5.74) is 5.21. The maximum atomic E-state index is 12.4. The Kier molecular flexibility index (Phi) is 6.04. The van der Waals surface area contributed by atoms with E-state index in [0.29, 0.717) is 17.8 Å². The van der Waals surface area contributed by atoms with Crippen LogP contribution in [0.2, 0.25) is 0 Å². The number of nitrogens with zero attached hydrogens (tertiary/aromatic N) is 3. The molecule has 0 bridgehead atoms. The molecule has 0 radical (unpaired) electrons. The number of fused-ring (bicyclic) bond motifs is 1. The van der Waals surface area contributed by atoms with E-state index in [1.165, 1.54) is 0 Å². The number of aryl methyl sites for hydroxylation is 2. The Bertz CT molecular complexity index is 1290. The number of pyridine rings is 2. The lowest BCUT2D eigenvalue weighted by atomic mass is 9.92. The fourth-order valence-corrected chi connectivity index (χ4v) is 4.06. The van der Waals surface area contributed by atoms with Gasteiger partial charge in [-0.25, -0.2) is 9.78 Å². The Morgan fingerprint density at radius 1 is 1.09 bits per heavy atom. The molecule has 6 nitrogen and oxygen atoms in total. The molecule has 170 valence electrons. The molecule has 0 fully saturated rings. The van der Waals surface area contributed by atoms with Gasteiger partial charge in [-0.2, -0.15) is 0 Å². The van der Waals surface area contributed by atoms with Crippen molar-refractivity contribution in [2.45, 2.75) is 52.9 Å². The summed E-state index contributed by atoms with van der Waals surface area (Å²) in [6.45, 7) is 10.0. The van der Waals surface area contributed by atoms with Crippen LogP contribution in [0.5, 0.6) is 0 Å². The molecule has 1 N–H and O–H groups in total. The molecule has 1 unspecified atom stereocenters. The maximum Gasteiger partial charge on any atom is 0.337 e. The van der Waals surface area contributed by atoms with Gasteiger partial charge in [-0.15, -0.1) is 0 Å². The molecule has 0 amide bonds. The minimum atomic E-state index is -1.14. The van der Waals surface area contributed by atoms with E-state index in [2.05, 4.69) is 4.98 Å². The molecule has 6 heteroatoms. The Hall–Kier alpha value is -3.51. The first kappa shape index (κ1) is 22.7. The highest BCUT2D eigenvalue weighted by Crippen LogP contribution is 2.39. The Labute approximate surface area is 193 Å². The van der Waals surface area contributed by atoms with E-state index in [9.17, 15) is 9.90 Å². The monoisotopic (exact) mass is 443 g/mol. The molecular weight excluding hydrogens is 414 g/mol. The first-order valence-electron chi connectivity index (χ1n) is 11.0. The maximum absolute atomic E-state index is 12.4. The number of aliphatic carboxylic acids is 1. The lowest BCUT2D eigenvalue weighted by Crippen LogP contribution is -2.28. The number of benzene rings is 1. The third-order valence-corrected chi connectivity index (χ3v) is 5.49. The zero-order valence-electron chi connectivity index (χ0n) is 19.7. The number of rotatable bonds is 6. The van der Waals surface area contributed by atoms with Crippen molar-refractivity contribution in [3.63, 3.8) is 0 Å². The molecule has 4 rings (SSSR count). The second-order valence-electron chi connectivity index (χ2n) is 9.30. The van der Waals surface area contributed by atoms with Gasteiger partial charge in [0.05, 0.1) is 17.8 Å². The summed E-state index contributed by atoms with van der Waals surface area (Å²) >= 11 is 0. The van der Waals surface area contributed by atoms with Gasteiger partial charge in [0, 0.05) is 34.6 Å². The molecule has 4 aromatic rings. The van der Waals surface area contributed by atoms with Gasteiger partial charge in [-0.1, -0.05) is 35.9 Å².